The van der Waals surface area contributed by atoms with E-state index in [0.717, 1.165) is 16.9 Å². The average molecular weight is 426 g/mol. The lowest BCUT2D eigenvalue weighted by Gasteiger charge is -2.32. The van der Waals surface area contributed by atoms with Gasteiger partial charge in [-0.25, -0.2) is 0 Å². The number of rotatable bonds is 1. The molecule has 1 N–H and O–H groups in total. The molecule has 0 amide bonds. The smallest absolute Gasteiger partial charge is 0.0462 e. The molecular formula is C27H17Cl2N. The fourth-order valence-electron chi connectivity index (χ4n) is 4.77. The van der Waals surface area contributed by atoms with E-state index >= 15 is 0 Å². The zero-order valence-corrected chi connectivity index (χ0v) is 17.5. The molecule has 5 aromatic rings. The Morgan fingerprint density at radius 2 is 1.17 bits per heavy atom. The van der Waals surface area contributed by atoms with Gasteiger partial charge in [0.2, 0.25) is 0 Å². The van der Waals surface area contributed by atoms with Crippen molar-refractivity contribution in [2.24, 2.45) is 0 Å². The van der Waals surface area contributed by atoms with Crippen LogP contribution in [0.15, 0.2) is 91.0 Å². The standard InChI is InChI=1S/C27H17Cl2N/c28-18-11-12-21(22(29)15-18)27-25-19-7-3-1-5-16(19)9-13-23(25)30-24-14-10-17-6-2-4-8-20(17)26(24)27/h1-15,27,30H. The normalized spacial score (nSPS) is 13.1. The topological polar surface area (TPSA) is 12.0 Å². The summed E-state index contributed by atoms with van der Waals surface area (Å²) in [5.74, 6) is -0.00165. The van der Waals surface area contributed by atoms with Gasteiger partial charge in [-0.3, -0.25) is 0 Å². The largest absolute Gasteiger partial charge is 0.355 e. The first-order chi connectivity index (χ1) is 14.7. The number of halogens is 2. The van der Waals surface area contributed by atoms with Crippen LogP contribution in [0.3, 0.4) is 0 Å². The van der Waals surface area contributed by atoms with E-state index in [-0.39, 0.29) is 5.92 Å². The maximum Gasteiger partial charge on any atom is 0.0462 e. The van der Waals surface area contributed by atoms with Gasteiger partial charge in [0.25, 0.3) is 0 Å². The van der Waals surface area contributed by atoms with Crippen molar-refractivity contribution >= 4 is 56.1 Å². The first-order valence-corrected chi connectivity index (χ1v) is 10.7. The number of benzene rings is 5. The van der Waals surface area contributed by atoms with Gasteiger partial charge < -0.3 is 5.32 Å². The Bertz CT molecular complexity index is 1370. The van der Waals surface area contributed by atoms with Crippen molar-refractivity contribution in [3.8, 4) is 0 Å². The summed E-state index contributed by atoms with van der Waals surface area (Å²) in [7, 11) is 0. The highest BCUT2D eigenvalue weighted by Gasteiger charge is 2.31. The molecule has 0 radical (unpaired) electrons. The molecule has 0 unspecified atom stereocenters. The molecule has 3 heteroatoms. The number of anilines is 2. The van der Waals surface area contributed by atoms with Crippen LogP contribution in [0.25, 0.3) is 21.5 Å². The van der Waals surface area contributed by atoms with Crippen molar-refractivity contribution in [3.05, 3.63) is 118 Å². The van der Waals surface area contributed by atoms with Crippen molar-refractivity contribution in [1.82, 2.24) is 0 Å². The second-order valence-corrected chi connectivity index (χ2v) is 8.56. The Labute approximate surface area is 184 Å². The van der Waals surface area contributed by atoms with Gasteiger partial charge in [-0.15, -0.1) is 0 Å². The number of fused-ring (bicyclic) bond motifs is 6. The van der Waals surface area contributed by atoms with Crippen molar-refractivity contribution in [2.45, 2.75) is 5.92 Å². The van der Waals surface area contributed by atoms with Crippen LogP contribution in [0, 0.1) is 0 Å². The van der Waals surface area contributed by atoms with Crippen molar-refractivity contribution in [3.63, 3.8) is 0 Å². The van der Waals surface area contributed by atoms with Crippen molar-refractivity contribution in [1.29, 1.82) is 0 Å². The molecule has 0 atom stereocenters. The summed E-state index contributed by atoms with van der Waals surface area (Å²) in [5, 5.41) is 9.93. The lowest BCUT2D eigenvalue weighted by molar-refractivity contribution is 0.988. The van der Waals surface area contributed by atoms with Gasteiger partial charge in [-0.05, 0) is 62.5 Å². The molecule has 1 heterocycles. The molecule has 0 fully saturated rings. The summed E-state index contributed by atoms with van der Waals surface area (Å²) in [6, 6.07) is 31.6. The van der Waals surface area contributed by atoms with E-state index in [1.807, 2.05) is 12.1 Å². The Morgan fingerprint density at radius 1 is 0.600 bits per heavy atom. The van der Waals surface area contributed by atoms with Gasteiger partial charge in [0.05, 0.1) is 0 Å². The van der Waals surface area contributed by atoms with E-state index in [2.05, 4.69) is 84.2 Å². The summed E-state index contributed by atoms with van der Waals surface area (Å²) >= 11 is 13.0. The molecule has 1 aliphatic heterocycles. The molecule has 5 aromatic carbocycles. The molecule has 1 aliphatic rings. The summed E-state index contributed by atoms with van der Waals surface area (Å²) in [6.45, 7) is 0. The summed E-state index contributed by atoms with van der Waals surface area (Å²) < 4.78 is 0. The Balaban J connectivity index is 1.77. The van der Waals surface area contributed by atoms with Crippen LogP contribution < -0.4 is 5.32 Å². The van der Waals surface area contributed by atoms with Crippen LogP contribution in [-0.2, 0) is 0 Å². The van der Waals surface area contributed by atoms with Crippen molar-refractivity contribution < 1.29 is 0 Å². The zero-order chi connectivity index (χ0) is 20.2. The minimum atomic E-state index is -0.00165. The minimum absolute atomic E-state index is 0.00165. The number of hydrogen-bond acceptors (Lipinski definition) is 1. The van der Waals surface area contributed by atoms with E-state index in [1.54, 1.807) is 0 Å². The molecule has 0 aromatic heterocycles. The highest BCUT2D eigenvalue weighted by atomic mass is 35.5. The second-order valence-electron chi connectivity index (χ2n) is 7.72. The molecular weight excluding hydrogens is 409 g/mol. The van der Waals surface area contributed by atoms with E-state index in [0.29, 0.717) is 10.0 Å². The third-order valence-corrected chi connectivity index (χ3v) is 6.62. The molecule has 0 bridgehead atoms. The highest BCUT2D eigenvalue weighted by Crippen LogP contribution is 2.51. The van der Waals surface area contributed by atoms with E-state index < -0.39 is 0 Å². The second kappa shape index (κ2) is 6.77. The lowest BCUT2D eigenvalue weighted by atomic mass is 9.77. The van der Waals surface area contributed by atoms with Crippen LogP contribution in [0.5, 0.6) is 0 Å². The third kappa shape index (κ3) is 2.63. The number of nitrogens with one attached hydrogen (secondary N) is 1. The van der Waals surface area contributed by atoms with Crippen LogP contribution in [0.1, 0.15) is 22.6 Å². The number of hydrogen-bond donors (Lipinski definition) is 1. The molecule has 6 rings (SSSR count). The summed E-state index contributed by atoms with van der Waals surface area (Å²) in [4.78, 5) is 0. The summed E-state index contributed by atoms with van der Waals surface area (Å²) in [5.41, 5.74) is 5.81. The predicted octanol–water partition coefficient (Wildman–Crippen LogP) is 8.54. The van der Waals surface area contributed by atoms with Gasteiger partial charge in [0.15, 0.2) is 0 Å². The Hall–Kier alpha value is -3.00. The van der Waals surface area contributed by atoms with Crippen LogP contribution >= 0.6 is 23.2 Å². The predicted molar refractivity (Wildman–Crippen MR) is 129 cm³/mol. The van der Waals surface area contributed by atoms with Gasteiger partial charge >= 0.3 is 0 Å². The van der Waals surface area contributed by atoms with Crippen LogP contribution in [-0.4, -0.2) is 0 Å². The third-order valence-electron chi connectivity index (χ3n) is 6.06. The fraction of sp³-hybridized carbons (Fsp3) is 0.0370. The molecule has 0 saturated carbocycles. The van der Waals surface area contributed by atoms with Gasteiger partial charge in [0.1, 0.15) is 0 Å². The SMILES string of the molecule is Clc1ccc(C2c3c(ccc4ccccc34)Nc3ccc4ccccc4c32)c(Cl)c1. The monoisotopic (exact) mass is 425 g/mol. The van der Waals surface area contributed by atoms with Crippen LogP contribution in [0.2, 0.25) is 10.0 Å². The van der Waals surface area contributed by atoms with E-state index in [1.165, 1.54) is 32.7 Å². The molecule has 1 nitrogen and oxygen atoms in total. The maximum absolute atomic E-state index is 6.79. The summed E-state index contributed by atoms with van der Waals surface area (Å²) in [6.07, 6.45) is 0. The first kappa shape index (κ1) is 17.8. The Kier molecular flexibility index (Phi) is 4.02. The molecule has 30 heavy (non-hydrogen) atoms. The van der Waals surface area contributed by atoms with E-state index in [4.69, 9.17) is 23.2 Å². The van der Waals surface area contributed by atoms with Gasteiger partial charge in [-0.1, -0.05) is 89.9 Å². The van der Waals surface area contributed by atoms with Crippen LogP contribution in [0.4, 0.5) is 11.4 Å². The lowest BCUT2D eigenvalue weighted by Crippen LogP contribution is -2.15. The highest BCUT2D eigenvalue weighted by molar-refractivity contribution is 6.35. The van der Waals surface area contributed by atoms with Crippen molar-refractivity contribution in [2.75, 3.05) is 5.32 Å². The Morgan fingerprint density at radius 3 is 1.73 bits per heavy atom. The fourth-order valence-corrected chi connectivity index (χ4v) is 5.28. The molecule has 144 valence electrons. The first-order valence-electron chi connectivity index (χ1n) is 9.96. The maximum atomic E-state index is 6.79. The van der Waals surface area contributed by atoms with Gasteiger partial charge in [0, 0.05) is 27.3 Å². The average Bonchev–Trinajstić information content (AvgIpc) is 2.77. The zero-order valence-electron chi connectivity index (χ0n) is 16.0. The van der Waals surface area contributed by atoms with E-state index in [9.17, 15) is 0 Å². The van der Waals surface area contributed by atoms with Gasteiger partial charge in [-0.2, -0.15) is 0 Å². The minimum Gasteiger partial charge on any atom is -0.355 e. The molecule has 0 spiro atoms. The molecule has 0 aliphatic carbocycles. The molecule has 0 saturated heterocycles. The quantitative estimate of drug-likeness (QED) is 0.278.